The molecular weight excluding hydrogens is 309 g/mol. The van der Waals surface area contributed by atoms with Crippen LogP contribution in [0, 0.1) is 0 Å². The first kappa shape index (κ1) is 14.9. The molecule has 0 amide bonds. The Morgan fingerprint density at radius 1 is 1.19 bits per heavy atom. The summed E-state index contributed by atoms with van der Waals surface area (Å²) in [5.41, 5.74) is 0.814. The van der Waals surface area contributed by atoms with Gasteiger partial charge in [-0.3, -0.25) is 0 Å². The van der Waals surface area contributed by atoms with Crippen LogP contribution in [-0.4, -0.2) is 19.3 Å². The standard InChI is InChI=1S/C16H17Cl2NO2/c17-11-3-5-15(18)14(8-11)16-6-4-13(21-16)10-19-9-12-2-1-7-20-12/h3-6,8,12,19H,1-2,7,9-10H2/t12-/m1/s1. The summed E-state index contributed by atoms with van der Waals surface area (Å²) in [7, 11) is 0. The summed E-state index contributed by atoms with van der Waals surface area (Å²) in [6, 6.07) is 9.22. The van der Waals surface area contributed by atoms with Gasteiger partial charge in [0.1, 0.15) is 11.5 Å². The highest BCUT2D eigenvalue weighted by atomic mass is 35.5. The lowest BCUT2D eigenvalue weighted by atomic mass is 10.2. The van der Waals surface area contributed by atoms with Gasteiger partial charge in [0.15, 0.2) is 0 Å². The van der Waals surface area contributed by atoms with Gasteiger partial charge in [-0.05, 0) is 43.2 Å². The third-order valence-corrected chi connectivity index (χ3v) is 4.12. The highest BCUT2D eigenvalue weighted by Crippen LogP contribution is 2.31. The van der Waals surface area contributed by atoms with Crippen molar-refractivity contribution in [3.63, 3.8) is 0 Å². The molecule has 0 aliphatic carbocycles. The first-order valence-electron chi connectivity index (χ1n) is 7.09. The zero-order chi connectivity index (χ0) is 14.7. The van der Waals surface area contributed by atoms with Crippen LogP contribution in [0.15, 0.2) is 34.7 Å². The summed E-state index contributed by atoms with van der Waals surface area (Å²) < 4.78 is 11.4. The average molecular weight is 326 g/mol. The zero-order valence-corrected chi connectivity index (χ0v) is 13.1. The highest BCUT2D eigenvalue weighted by Gasteiger charge is 2.15. The minimum atomic E-state index is 0.335. The molecule has 0 bridgehead atoms. The van der Waals surface area contributed by atoms with E-state index in [-0.39, 0.29) is 0 Å². The molecule has 3 rings (SSSR count). The molecule has 1 aromatic heterocycles. The molecule has 1 atom stereocenters. The van der Waals surface area contributed by atoms with E-state index in [0.717, 1.165) is 43.1 Å². The molecule has 1 saturated heterocycles. The number of rotatable bonds is 5. The van der Waals surface area contributed by atoms with Crippen LogP contribution in [-0.2, 0) is 11.3 Å². The van der Waals surface area contributed by atoms with Crippen molar-refractivity contribution in [1.82, 2.24) is 5.32 Å². The van der Waals surface area contributed by atoms with Crippen molar-refractivity contribution in [2.45, 2.75) is 25.5 Å². The summed E-state index contributed by atoms with van der Waals surface area (Å²) in [6.07, 6.45) is 2.63. The molecule has 2 heterocycles. The Hall–Kier alpha value is -1.00. The number of hydrogen-bond acceptors (Lipinski definition) is 3. The lowest BCUT2D eigenvalue weighted by Crippen LogP contribution is -2.25. The average Bonchev–Trinajstić information content (AvgIpc) is 3.13. The summed E-state index contributed by atoms with van der Waals surface area (Å²) in [6.45, 7) is 2.41. The maximum atomic E-state index is 6.18. The van der Waals surface area contributed by atoms with Crippen LogP contribution in [0.2, 0.25) is 10.0 Å². The number of ether oxygens (including phenoxy) is 1. The Morgan fingerprint density at radius 3 is 2.90 bits per heavy atom. The number of halogens is 2. The summed E-state index contributed by atoms with van der Waals surface area (Å²) in [5.74, 6) is 1.61. The van der Waals surface area contributed by atoms with Crippen LogP contribution in [0.3, 0.4) is 0 Å². The van der Waals surface area contributed by atoms with Crippen molar-refractivity contribution in [1.29, 1.82) is 0 Å². The molecule has 1 aliphatic heterocycles. The van der Waals surface area contributed by atoms with Gasteiger partial charge >= 0.3 is 0 Å². The predicted molar refractivity (Wildman–Crippen MR) is 84.8 cm³/mol. The van der Waals surface area contributed by atoms with Gasteiger partial charge < -0.3 is 14.5 Å². The fraction of sp³-hybridized carbons (Fsp3) is 0.375. The van der Waals surface area contributed by atoms with E-state index in [0.29, 0.717) is 22.7 Å². The molecule has 1 N–H and O–H groups in total. The maximum absolute atomic E-state index is 6.18. The largest absolute Gasteiger partial charge is 0.460 e. The second kappa shape index (κ2) is 6.84. The lowest BCUT2D eigenvalue weighted by molar-refractivity contribution is 0.109. The first-order chi connectivity index (χ1) is 10.2. The van der Waals surface area contributed by atoms with E-state index in [1.165, 1.54) is 0 Å². The van der Waals surface area contributed by atoms with Crippen molar-refractivity contribution in [3.8, 4) is 11.3 Å². The monoisotopic (exact) mass is 325 g/mol. The van der Waals surface area contributed by atoms with Crippen molar-refractivity contribution in [2.24, 2.45) is 0 Å². The molecule has 1 aromatic carbocycles. The van der Waals surface area contributed by atoms with Crippen molar-refractivity contribution in [3.05, 3.63) is 46.1 Å². The van der Waals surface area contributed by atoms with Gasteiger partial charge in [-0.15, -0.1) is 0 Å². The van der Waals surface area contributed by atoms with Crippen molar-refractivity contribution >= 4 is 23.2 Å². The van der Waals surface area contributed by atoms with E-state index < -0.39 is 0 Å². The van der Waals surface area contributed by atoms with Crippen LogP contribution < -0.4 is 5.32 Å². The van der Waals surface area contributed by atoms with E-state index in [9.17, 15) is 0 Å². The second-order valence-corrected chi connectivity index (χ2v) is 6.00. The number of nitrogens with one attached hydrogen (secondary N) is 1. The molecule has 0 saturated carbocycles. The summed E-state index contributed by atoms with van der Waals surface area (Å²) in [5, 5.41) is 4.63. The molecule has 0 spiro atoms. The van der Waals surface area contributed by atoms with E-state index in [2.05, 4.69) is 5.32 Å². The van der Waals surface area contributed by atoms with E-state index in [1.807, 2.05) is 18.2 Å². The normalized spacial score (nSPS) is 18.3. The molecule has 1 aliphatic rings. The molecule has 0 radical (unpaired) electrons. The van der Waals surface area contributed by atoms with Crippen LogP contribution in [0.1, 0.15) is 18.6 Å². The molecule has 5 heteroatoms. The van der Waals surface area contributed by atoms with E-state index in [1.54, 1.807) is 12.1 Å². The third-order valence-electron chi connectivity index (χ3n) is 3.55. The Balaban J connectivity index is 1.61. The SMILES string of the molecule is Clc1ccc(Cl)c(-c2ccc(CNC[C@H]3CCCO3)o2)c1. The van der Waals surface area contributed by atoms with Gasteiger partial charge in [0, 0.05) is 23.7 Å². The van der Waals surface area contributed by atoms with Crippen LogP contribution in [0.5, 0.6) is 0 Å². The lowest BCUT2D eigenvalue weighted by Gasteiger charge is -2.09. The minimum absolute atomic E-state index is 0.335. The minimum Gasteiger partial charge on any atom is -0.460 e. The van der Waals surface area contributed by atoms with Crippen molar-refractivity contribution in [2.75, 3.05) is 13.2 Å². The Bertz CT molecular complexity index is 606. The van der Waals surface area contributed by atoms with Gasteiger partial charge in [-0.1, -0.05) is 23.2 Å². The number of furan rings is 1. The van der Waals surface area contributed by atoms with Gasteiger partial charge in [-0.2, -0.15) is 0 Å². The molecular formula is C16H17Cl2NO2. The quantitative estimate of drug-likeness (QED) is 0.877. The topological polar surface area (TPSA) is 34.4 Å². The summed E-state index contributed by atoms with van der Waals surface area (Å²) in [4.78, 5) is 0. The second-order valence-electron chi connectivity index (χ2n) is 5.16. The van der Waals surface area contributed by atoms with E-state index in [4.69, 9.17) is 32.4 Å². The number of benzene rings is 1. The van der Waals surface area contributed by atoms with Gasteiger partial charge in [-0.25, -0.2) is 0 Å². The Morgan fingerprint density at radius 2 is 2.10 bits per heavy atom. The molecule has 112 valence electrons. The molecule has 3 nitrogen and oxygen atoms in total. The maximum Gasteiger partial charge on any atom is 0.135 e. The highest BCUT2D eigenvalue weighted by molar-refractivity contribution is 6.35. The van der Waals surface area contributed by atoms with Crippen molar-refractivity contribution < 1.29 is 9.15 Å². The summed E-state index contributed by atoms with van der Waals surface area (Å²) >= 11 is 12.2. The van der Waals surface area contributed by atoms with Gasteiger partial charge in [0.05, 0.1) is 17.7 Å². The third kappa shape index (κ3) is 3.80. The Kier molecular flexibility index (Phi) is 4.86. The smallest absolute Gasteiger partial charge is 0.135 e. The Labute approximate surface area is 134 Å². The van der Waals surface area contributed by atoms with Crippen LogP contribution in [0.4, 0.5) is 0 Å². The molecule has 2 aromatic rings. The fourth-order valence-corrected chi connectivity index (χ4v) is 2.85. The van der Waals surface area contributed by atoms with Gasteiger partial charge in [0.2, 0.25) is 0 Å². The van der Waals surface area contributed by atoms with Crippen LogP contribution >= 0.6 is 23.2 Å². The fourth-order valence-electron chi connectivity index (χ4n) is 2.47. The molecule has 1 fully saturated rings. The number of hydrogen-bond donors (Lipinski definition) is 1. The molecule has 21 heavy (non-hydrogen) atoms. The first-order valence-corrected chi connectivity index (χ1v) is 7.84. The van der Waals surface area contributed by atoms with E-state index >= 15 is 0 Å². The predicted octanol–water partition coefficient (Wildman–Crippen LogP) is 4.52. The van der Waals surface area contributed by atoms with Crippen LogP contribution in [0.25, 0.3) is 11.3 Å². The molecule has 0 unspecified atom stereocenters. The van der Waals surface area contributed by atoms with Gasteiger partial charge in [0.25, 0.3) is 0 Å². The zero-order valence-electron chi connectivity index (χ0n) is 11.6.